The van der Waals surface area contributed by atoms with E-state index in [0.717, 1.165) is 6.07 Å². The number of hydrogen-bond donors (Lipinski definition) is 1. The SMILES string of the molecule is CC(CN(C)C(=O)c1cccc(F)c1F)C(N)=S. The molecule has 1 atom stereocenters. The van der Waals surface area contributed by atoms with Gasteiger partial charge in [0.2, 0.25) is 0 Å². The van der Waals surface area contributed by atoms with Gasteiger partial charge in [-0.3, -0.25) is 4.79 Å². The smallest absolute Gasteiger partial charge is 0.256 e. The zero-order chi connectivity index (χ0) is 13.9. The fourth-order valence-electron chi connectivity index (χ4n) is 1.46. The predicted octanol–water partition coefficient (Wildman–Crippen LogP) is 1.96. The highest BCUT2D eigenvalue weighted by atomic mass is 32.1. The molecule has 0 aliphatic heterocycles. The first-order valence-electron chi connectivity index (χ1n) is 5.33. The summed E-state index contributed by atoms with van der Waals surface area (Å²) in [6, 6.07) is 3.49. The summed E-state index contributed by atoms with van der Waals surface area (Å²) in [7, 11) is 1.49. The Bertz CT molecular complexity index is 479. The van der Waals surface area contributed by atoms with Crippen molar-refractivity contribution in [3.8, 4) is 0 Å². The van der Waals surface area contributed by atoms with E-state index in [1.54, 1.807) is 6.92 Å². The number of nitrogens with zero attached hydrogens (tertiary/aromatic N) is 1. The molecule has 0 radical (unpaired) electrons. The highest BCUT2D eigenvalue weighted by Crippen LogP contribution is 2.14. The van der Waals surface area contributed by atoms with Gasteiger partial charge in [0.1, 0.15) is 0 Å². The van der Waals surface area contributed by atoms with E-state index in [1.165, 1.54) is 24.1 Å². The summed E-state index contributed by atoms with van der Waals surface area (Å²) >= 11 is 4.79. The summed E-state index contributed by atoms with van der Waals surface area (Å²) in [5.74, 6) is -2.98. The third-order valence-corrected chi connectivity index (χ3v) is 2.96. The van der Waals surface area contributed by atoms with Gasteiger partial charge in [-0.25, -0.2) is 8.78 Å². The Labute approximate surface area is 110 Å². The standard InChI is InChI=1S/C12H14F2N2OS/c1-7(11(15)18)6-16(2)12(17)8-4-3-5-9(13)10(8)14/h3-5,7H,6H2,1-2H3,(H2,15,18). The Balaban J connectivity index is 2.87. The van der Waals surface area contributed by atoms with Gasteiger partial charge >= 0.3 is 0 Å². The fourth-order valence-corrected chi connectivity index (χ4v) is 1.53. The highest BCUT2D eigenvalue weighted by molar-refractivity contribution is 7.80. The largest absolute Gasteiger partial charge is 0.393 e. The van der Waals surface area contributed by atoms with Crippen LogP contribution in [0.3, 0.4) is 0 Å². The first-order chi connectivity index (χ1) is 8.34. The van der Waals surface area contributed by atoms with Crippen LogP contribution >= 0.6 is 12.2 Å². The Morgan fingerprint density at radius 2 is 2.11 bits per heavy atom. The number of thiocarbonyl (C=S) groups is 1. The quantitative estimate of drug-likeness (QED) is 0.852. The number of benzene rings is 1. The van der Waals surface area contributed by atoms with E-state index in [1.807, 2.05) is 0 Å². The van der Waals surface area contributed by atoms with Gasteiger partial charge < -0.3 is 10.6 Å². The van der Waals surface area contributed by atoms with Crippen LogP contribution in [0.15, 0.2) is 18.2 Å². The lowest BCUT2D eigenvalue weighted by Crippen LogP contribution is -2.35. The third-order valence-electron chi connectivity index (χ3n) is 2.56. The van der Waals surface area contributed by atoms with Crippen LogP contribution in [0.5, 0.6) is 0 Å². The maximum Gasteiger partial charge on any atom is 0.256 e. The predicted molar refractivity (Wildman–Crippen MR) is 69.3 cm³/mol. The van der Waals surface area contributed by atoms with Crippen molar-refractivity contribution in [3.63, 3.8) is 0 Å². The molecule has 0 fully saturated rings. The van der Waals surface area contributed by atoms with E-state index in [4.69, 9.17) is 18.0 Å². The minimum atomic E-state index is -1.14. The Morgan fingerprint density at radius 3 is 2.67 bits per heavy atom. The zero-order valence-electron chi connectivity index (χ0n) is 10.1. The van der Waals surface area contributed by atoms with Crippen molar-refractivity contribution in [1.82, 2.24) is 4.90 Å². The van der Waals surface area contributed by atoms with Gasteiger partial charge in [-0.1, -0.05) is 25.2 Å². The lowest BCUT2D eigenvalue weighted by molar-refractivity contribution is 0.0781. The van der Waals surface area contributed by atoms with Crippen molar-refractivity contribution in [1.29, 1.82) is 0 Å². The highest BCUT2D eigenvalue weighted by Gasteiger charge is 2.20. The van der Waals surface area contributed by atoms with Crippen LogP contribution in [0, 0.1) is 17.6 Å². The average molecular weight is 272 g/mol. The minimum absolute atomic E-state index is 0.189. The molecule has 0 spiro atoms. The topological polar surface area (TPSA) is 46.3 Å². The molecule has 2 N–H and O–H groups in total. The summed E-state index contributed by atoms with van der Waals surface area (Å²) in [5, 5.41) is 0. The molecule has 0 bridgehead atoms. The molecule has 0 saturated carbocycles. The molecule has 98 valence electrons. The van der Waals surface area contributed by atoms with Crippen molar-refractivity contribution in [3.05, 3.63) is 35.4 Å². The Kier molecular flexibility index (Phi) is 4.72. The second-order valence-electron chi connectivity index (χ2n) is 4.09. The maximum absolute atomic E-state index is 13.4. The number of carbonyl (C=O) groups is 1. The van der Waals surface area contributed by atoms with Gasteiger partial charge in [0.05, 0.1) is 10.6 Å². The first-order valence-corrected chi connectivity index (χ1v) is 5.74. The van der Waals surface area contributed by atoms with Crippen LogP contribution in [-0.4, -0.2) is 29.4 Å². The van der Waals surface area contributed by atoms with Crippen molar-refractivity contribution in [2.75, 3.05) is 13.6 Å². The molecule has 1 aromatic rings. The van der Waals surface area contributed by atoms with Crippen LogP contribution in [0.1, 0.15) is 17.3 Å². The third kappa shape index (κ3) is 3.22. The van der Waals surface area contributed by atoms with Crippen LogP contribution < -0.4 is 5.73 Å². The van der Waals surface area contributed by atoms with E-state index in [-0.39, 0.29) is 23.0 Å². The van der Waals surface area contributed by atoms with Gasteiger partial charge in [-0.2, -0.15) is 0 Å². The Hall–Kier alpha value is -1.56. The van der Waals surface area contributed by atoms with Crippen LogP contribution in [0.4, 0.5) is 8.78 Å². The van der Waals surface area contributed by atoms with Crippen LogP contribution in [-0.2, 0) is 0 Å². The molecule has 18 heavy (non-hydrogen) atoms. The van der Waals surface area contributed by atoms with Gasteiger partial charge in [-0.05, 0) is 12.1 Å². The van der Waals surface area contributed by atoms with Crippen molar-refractivity contribution < 1.29 is 13.6 Å². The molecular weight excluding hydrogens is 258 g/mol. The molecule has 1 aromatic carbocycles. The number of hydrogen-bond acceptors (Lipinski definition) is 2. The van der Waals surface area contributed by atoms with Crippen molar-refractivity contribution in [2.24, 2.45) is 11.7 Å². The monoisotopic (exact) mass is 272 g/mol. The normalized spacial score (nSPS) is 12.0. The molecule has 1 unspecified atom stereocenters. The lowest BCUT2D eigenvalue weighted by atomic mass is 10.1. The molecular formula is C12H14F2N2OS. The number of halogens is 2. The molecule has 1 rings (SSSR count). The molecule has 1 amide bonds. The van der Waals surface area contributed by atoms with E-state index in [9.17, 15) is 13.6 Å². The van der Waals surface area contributed by atoms with Crippen molar-refractivity contribution in [2.45, 2.75) is 6.92 Å². The Morgan fingerprint density at radius 1 is 1.50 bits per heavy atom. The molecule has 0 heterocycles. The fraction of sp³-hybridized carbons (Fsp3) is 0.333. The van der Waals surface area contributed by atoms with Crippen LogP contribution in [0.2, 0.25) is 0 Å². The zero-order valence-corrected chi connectivity index (χ0v) is 10.9. The second kappa shape index (κ2) is 5.86. The summed E-state index contributed by atoms with van der Waals surface area (Å²) in [4.78, 5) is 13.4. The molecule has 6 heteroatoms. The molecule has 0 saturated heterocycles. The molecule has 0 aromatic heterocycles. The van der Waals surface area contributed by atoms with Gasteiger partial charge in [0, 0.05) is 19.5 Å². The molecule has 0 aliphatic rings. The van der Waals surface area contributed by atoms with E-state index in [2.05, 4.69) is 0 Å². The molecule has 3 nitrogen and oxygen atoms in total. The first kappa shape index (κ1) is 14.5. The van der Waals surface area contributed by atoms with Crippen molar-refractivity contribution >= 4 is 23.1 Å². The number of nitrogens with two attached hydrogens (primary N) is 1. The van der Waals surface area contributed by atoms with Gasteiger partial charge in [0.25, 0.3) is 5.91 Å². The van der Waals surface area contributed by atoms with E-state index in [0.29, 0.717) is 0 Å². The number of carbonyl (C=O) groups excluding carboxylic acids is 1. The van der Waals surface area contributed by atoms with Crippen LogP contribution in [0.25, 0.3) is 0 Å². The molecule has 0 aliphatic carbocycles. The number of amides is 1. The average Bonchev–Trinajstić information content (AvgIpc) is 2.31. The summed E-state index contributed by atoms with van der Waals surface area (Å²) in [6.07, 6.45) is 0. The summed E-state index contributed by atoms with van der Waals surface area (Å²) < 4.78 is 26.4. The van der Waals surface area contributed by atoms with Gasteiger partial charge in [-0.15, -0.1) is 0 Å². The number of rotatable bonds is 4. The van der Waals surface area contributed by atoms with E-state index < -0.39 is 17.5 Å². The minimum Gasteiger partial charge on any atom is -0.393 e. The summed E-state index contributed by atoms with van der Waals surface area (Å²) in [6.45, 7) is 2.01. The second-order valence-corrected chi connectivity index (χ2v) is 4.56. The summed E-state index contributed by atoms with van der Waals surface area (Å²) in [5.41, 5.74) is 5.14. The van der Waals surface area contributed by atoms with E-state index >= 15 is 0 Å². The lowest BCUT2D eigenvalue weighted by Gasteiger charge is -2.21. The maximum atomic E-state index is 13.4. The van der Waals surface area contributed by atoms with Gasteiger partial charge in [0.15, 0.2) is 11.6 Å².